The van der Waals surface area contributed by atoms with Crippen molar-refractivity contribution in [3.8, 4) is 0 Å². The second-order valence-corrected chi connectivity index (χ2v) is 4.95. The molecule has 0 saturated heterocycles. The van der Waals surface area contributed by atoms with E-state index >= 15 is 0 Å². The lowest BCUT2D eigenvalue weighted by Crippen LogP contribution is -2.74. The fraction of sp³-hybridized carbons (Fsp3) is 0.900. The van der Waals surface area contributed by atoms with Crippen molar-refractivity contribution in [2.75, 3.05) is 0 Å². The normalized spacial score (nSPS) is 17.4. The lowest BCUT2D eigenvalue weighted by Gasteiger charge is -2.42. The Morgan fingerprint density at radius 1 is 0.519 bits per heavy atom. The van der Waals surface area contributed by atoms with Gasteiger partial charge in [0, 0.05) is 0 Å². The second-order valence-electron chi connectivity index (χ2n) is 4.95. The summed E-state index contributed by atoms with van der Waals surface area (Å²) >= 11 is 0. The van der Waals surface area contributed by atoms with E-state index in [2.05, 4.69) is 0 Å². The lowest BCUT2D eigenvalue weighted by atomic mass is 9.88. The summed E-state index contributed by atoms with van der Waals surface area (Å²) in [5, 5.41) is 0. The predicted octanol–water partition coefficient (Wildman–Crippen LogP) is 6.22. The largest absolute Gasteiger partial charge is 0.385 e. The highest BCUT2D eigenvalue weighted by Crippen LogP contribution is 2.63. The average molecular weight is 447 g/mol. The highest BCUT2D eigenvalue weighted by atomic mass is 19.4. The molecule has 0 saturated carbocycles. The van der Waals surface area contributed by atoms with Gasteiger partial charge >= 0.3 is 47.9 Å². The maximum Gasteiger partial charge on any atom is 0.385 e. The molecule has 0 N–H and O–H groups in total. The van der Waals surface area contributed by atoms with Crippen molar-refractivity contribution in [2.45, 2.75) is 54.6 Å². The third-order valence-electron chi connectivity index (χ3n) is 3.13. The van der Waals surface area contributed by atoms with Gasteiger partial charge in [-0.1, -0.05) is 0 Å². The van der Waals surface area contributed by atoms with Crippen molar-refractivity contribution in [3.63, 3.8) is 0 Å². The Hall–Kier alpha value is -1.19. The van der Waals surface area contributed by atoms with Gasteiger partial charge in [-0.25, -0.2) is 4.39 Å². The van der Waals surface area contributed by atoms with Gasteiger partial charge in [-0.15, -0.1) is 0 Å². The molecule has 0 aromatic heterocycles. The van der Waals surface area contributed by atoms with E-state index < -0.39 is 61.0 Å². The molecular weight excluding hydrogens is 443 g/mol. The first-order valence-corrected chi connectivity index (χ1v) is 5.86. The molecule has 0 fully saturated rings. The summed E-state index contributed by atoms with van der Waals surface area (Å²) in [5.74, 6) is -55.8. The Balaban J connectivity index is 6.62. The molecule has 17 heteroatoms. The van der Waals surface area contributed by atoms with Crippen LogP contribution in [0.2, 0.25) is 0 Å². The molecule has 0 heterocycles. The quantitative estimate of drug-likeness (QED) is 0.388. The zero-order chi connectivity index (χ0) is 22.7. The Morgan fingerprint density at radius 2 is 0.778 bits per heavy atom. The number of halogens is 17. The van der Waals surface area contributed by atoms with Crippen molar-refractivity contribution in [1.82, 2.24) is 0 Å². The summed E-state index contributed by atoms with van der Waals surface area (Å²) in [6.45, 7) is -0.642. The van der Waals surface area contributed by atoms with E-state index in [0.717, 1.165) is 0 Å². The van der Waals surface area contributed by atoms with Crippen LogP contribution in [0.25, 0.3) is 0 Å². The van der Waals surface area contributed by atoms with Crippen LogP contribution >= 0.6 is 0 Å². The third kappa shape index (κ3) is 3.07. The van der Waals surface area contributed by atoms with E-state index in [0.29, 0.717) is 0 Å². The van der Waals surface area contributed by atoms with E-state index in [1.807, 2.05) is 0 Å². The topological polar surface area (TPSA) is 0 Å². The molecule has 163 valence electrons. The van der Waals surface area contributed by atoms with Gasteiger partial charge in [-0.05, 0) is 6.92 Å². The van der Waals surface area contributed by atoms with Crippen molar-refractivity contribution >= 4 is 0 Å². The van der Waals surface area contributed by atoms with Crippen molar-refractivity contribution < 1.29 is 74.6 Å². The van der Waals surface area contributed by atoms with E-state index in [1.165, 1.54) is 0 Å². The lowest BCUT2D eigenvalue weighted by molar-refractivity contribution is -0.445. The highest BCUT2D eigenvalue weighted by Gasteiger charge is 2.94. The standard InChI is InChI=1S/C10H4F17/c1-2(11)4(14,15)6(18,19)8(22,23)10(26,27)9(24,25)7(20,21)5(16,17)3(12)13/h2H,1H3. The minimum atomic E-state index is -8.50. The van der Waals surface area contributed by atoms with Gasteiger partial charge in [0.2, 0.25) is 0 Å². The van der Waals surface area contributed by atoms with Crippen LogP contribution in [0.5, 0.6) is 0 Å². The smallest absolute Gasteiger partial charge is 0.241 e. The predicted molar refractivity (Wildman–Crippen MR) is 50.7 cm³/mol. The summed E-state index contributed by atoms with van der Waals surface area (Å²) in [7, 11) is 0. The Kier molecular flexibility index (Phi) is 6.14. The van der Waals surface area contributed by atoms with E-state index in [9.17, 15) is 74.6 Å². The zero-order valence-electron chi connectivity index (χ0n) is 12.0. The first kappa shape index (κ1) is 25.8. The maximum atomic E-state index is 13.1. The molecule has 0 bridgehead atoms. The van der Waals surface area contributed by atoms with E-state index in [4.69, 9.17) is 0 Å². The van der Waals surface area contributed by atoms with Crippen molar-refractivity contribution in [1.29, 1.82) is 0 Å². The van der Waals surface area contributed by atoms with Gasteiger partial charge in [0.1, 0.15) is 0 Å². The maximum absolute atomic E-state index is 13.1. The summed E-state index contributed by atoms with van der Waals surface area (Å²) in [4.78, 5) is 0. The highest BCUT2D eigenvalue weighted by molar-refractivity contribution is 5.16. The van der Waals surface area contributed by atoms with Crippen LogP contribution < -0.4 is 0 Å². The number of alkyl halides is 15. The minimum absolute atomic E-state index is 0.642. The monoisotopic (exact) mass is 447 g/mol. The zero-order valence-corrected chi connectivity index (χ0v) is 12.0. The van der Waals surface area contributed by atoms with Crippen LogP contribution in [0.3, 0.4) is 0 Å². The fourth-order valence-corrected chi connectivity index (χ4v) is 1.37. The van der Waals surface area contributed by atoms with Gasteiger partial charge in [0.05, 0.1) is 0 Å². The fourth-order valence-electron chi connectivity index (χ4n) is 1.37. The van der Waals surface area contributed by atoms with Gasteiger partial charge in [0.25, 0.3) is 0 Å². The third-order valence-corrected chi connectivity index (χ3v) is 3.13. The molecule has 0 aromatic carbocycles. The Bertz CT molecular complexity index is 484. The van der Waals surface area contributed by atoms with Gasteiger partial charge in [-0.3, -0.25) is 0 Å². The van der Waals surface area contributed by atoms with E-state index in [1.54, 1.807) is 0 Å². The first-order chi connectivity index (χ1) is 11.4. The summed E-state index contributed by atoms with van der Waals surface area (Å²) in [6, 6.07) is 0. The van der Waals surface area contributed by atoms with Crippen molar-refractivity contribution in [3.05, 3.63) is 6.43 Å². The summed E-state index contributed by atoms with van der Waals surface area (Å²) in [6.07, 6.45) is -9.47. The molecule has 0 aliphatic carbocycles. The molecule has 27 heavy (non-hydrogen) atoms. The molecule has 0 aromatic rings. The summed E-state index contributed by atoms with van der Waals surface area (Å²) in [5.41, 5.74) is 0. The molecule has 1 unspecified atom stereocenters. The van der Waals surface area contributed by atoms with Crippen LogP contribution in [-0.4, -0.2) is 47.6 Å². The van der Waals surface area contributed by atoms with Gasteiger partial charge < -0.3 is 0 Å². The second kappa shape index (κ2) is 6.42. The SMILES string of the molecule is CC(F)C(F)(F)C(F)(F)C(F)(F)C(F)(F)C(F)(F)C(F)(F)C(F)(F)[C](F)F. The molecule has 0 aliphatic rings. The van der Waals surface area contributed by atoms with Crippen LogP contribution in [-0.2, 0) is 0 Å². The number of hydrogen-bond donors (Lipinski definition) is 0. The Morgan fingerprint density at radius 3 is 1.04 bits per heavy atom. The molecule has 0 spiro atoms. The molecule has 0 rings (SSSR count). The summed E-state index contributed by atoms with van der Waals surface area (Å²) < 4.78 is 216. The number of hydrogen-bond acceptors (Lipinski definition) is 0. The van der Waals surface area contributed by atoms with Crippen LogP contribution in [0.4, 0.5) is 74.6 Å². The molecule has 1 radical (unpaired) electrons. The van der Waals surface area contributed by atoms with Crippen molar-refractivity contribution in [2.24, 2.45) is 0 Å². The van der Waals surface area contributed by atoms with Crippen LogP contribution in [0.1, 0.15) is 6.92 Å². The number of rotatable bonds is 8. The molecule has 0 nitrogen and oxygen atoms in total. The van der Waals surface area contributed by atoms with E-state index in [-0.39, 0.29) is 0 Å². The van der Waals surface area contributed by atoms with Crippen LogP contribution in [0, 0.1) is 6.43 Å². The first-order valence-electron chi connectivity index (χ1n) is 5.86. The molecule has 0 amide bonds. The molecule has 0 aliphatic heterocycles. The average Bonchev–Trinajstić information content (AvgIpc) is 2.45. The Labute approximate surface area is 137 Å². The molecular formula is C10H4F17. The molecule has 1 atom stereocenters. The van der Waals surface area contributed by atoms with Crippen LogP contribution in [0.15, 0.2) is 0 Å². The van der Waals surface area contributed by atoms with Gasteiger partial charge in [0.15, 0.2) is 6.17 Å². The van der Waals surface area contributed by atoms with Gasteiger partial charge in [-0.2, -0.15) is 70.2 Å². The minimum Gasteiger partial charge on any atom is -0.241 e.